The summed E-state index contributed by atoms with van der Waals surface area (Å²) in [5, 5.41) is 11.2. The van der Waals surface area contributed by atoms with Gasteiger partial charge in [-0.15, -0.1) is 0 Å². The number of ether oxygens (including phenoxy) is 4. The van der Waals surface area contributed by atoms with E-state index >= 15 is 0 Å². The number of rotatable bonds is 15. The summed E-state index contributed by atoms with van der Waals surface area (Å²) in [7, 11) is -1.01. The Labute approximate surface area is 338 Å². The van der Waals surface area contributed by atoms with Crippen LogP contribution in [-0.2, 0) is 53.6 Å². The topological polar surface area (TPSA) is 188 Å². The lowest BCUT2D eigenvalue weighted by molar-refractivity contribution is -0.384. The van der Waals surface area contributed by atoms with Gasteiger partial charge in [0.25, 0.3) is 5.69 Å². The van der Waals surface area contributed by atoms with Gasteiger partial charge in [0.2, 0.25) is 7.37 Å². The summed E-state index contributed by atoms with van der Waals surface area (Å²) >= 11 is 0. The highest BCUT2D eigenvalue weighted by Gasteiger charge is 2.34. The summed E-state index contributed by atoms with van der Waals surface area (Å²) in [5.41, 5.74) is -1.55. The molecule has 17 nitrogen and oxygen atoms in total. The molecule has 1 saturated heterocycles. The number of carbonyl (C=O) groups is 4. The van der Waals surface area contributed by atoms with Crippen LogP contribution in [0.4, 0.5) is 5.69 Å². The first-order chi connectivity index (χ1) is 26.3. The maximum atomic E-state index is 14.6. The number of benzene rings is 1. The molecular weight excluding hydrogens is 761 g/mol. The normalized spacial score (nSPS) is 17.9. The molecule has 2 rings (SSSR count). The van der Waals surface area contributed by atoms with E-state index in [1.807, 2.05) is 19.6 Å². The Balaban J connectivity index is 2.45. The van der Waals surface area contributed by atoms with Gasteiger partial charge in [-0.2, -0.15) is 0 Å². The molecule has 0 aromatic heterocycles. The Morgan fingerprint density at radius 1 is 0.667 bits per heavy atom. The average molecular weight is 828 g/mol. The maximum absolute atomic E-state index is 14.6. The number of nitrogens with zero attached hydrogens (tertiary/aromatic N) is 5. The minimum absolute atomic E-state index is 0.00219. The van der Waals surface area contributed by atoms with Crippen molar-refractivity contribution in [3.8, 4) is 0 Å². The molecule has 2 atom stereocenters. The van der Waals surface area contributed by atoms with Crippen LogP contribution in [-0.4, -0.2) is 164 Å². The molecule has 0 aliphatic carbocycles. The predicted molar refractivity (Wildman–Crippen MR) is 215 cm³/mol. The van der Waals surface area contributed by atoms with Gasteiger partial charge in [-0.1, -0.05) is 12.1 Å². The average Bonchev–Trinajstić information content (AvgIpc) is 3.06. The molecule has 0 spiro atoms. The van der Waals surface area contributed by atoms with E-state index < -0.39 is 58.9 Å². The second-order valence-electron chi connectivity index (χ2n) is 17.4. The summed E-state index contributed by atoms with van der Waals surface area (Å²) in [6.07, 6.45) is -0.0970. The Bertz CT molecular complexity index is 1490. The fourth-order valence-corrected chi connectivity index (χ4v) is 8.34. The van der Waals surface area contributed by atoms with Crippen molar-refractivity contribution in [2.24, 2.45) is 5.92 Å². The molecule has 324 valence electrons. The van der Waals surface area contributed by atoms with Crippen molar-refractivity contribution in [1.82, 2.24) is 19.6 Å². The first kappa shape index (κ1) is 49.7. The molecule has 1 heterocycles. The van der Waals surface area contributed by atoms with Crippen molar-refractivity contribution >= 4 is 36.9 Å². The van der Waals surface area contributed by atoms with Crippen molar-refractivity contribution in [2.45, 2.75) is 85.5 Å². The molecule has 0 radical (unpaired) electrons. The third-order valence-electron chi connectivity index (χ3n) is 8.66. The van der Waals surface area contributed by atoms with Gasteiger partial charge in [0.05, 0.1) is 43.9 Å². The van der Waals surface area contributed by atoms with E-state index in [0.717, 1.165) is 0 Å². The summed E-state index contributed by atoms with van der Waals surface area (Å²) in [6.45, 7) is 19.0. The second kappa shape index (κ2) is 22.1. The third-order valence-corrected chi connectivity index (χ3v) is 11.2. The van der Waals surface area contributed by atoms with Crippen LogP contribution in [0.5, 0.6) is 0 Å². The monoisotopic (exact) mass is 827 g/mol. The van der Waals surface area contributed by atoms with E-state index in [0.29, 0.717) is 57.9 Å². The molecule has 57 heavy (non-hydrogen) atoms. The lowest BCUT2D eigenvalue weighted by Crippen LogP contribution is -2.49. The van der Waals surface area contributed by atoms with Crippen molar-refractivity contribution < 1.29 is 52.1 Å². The summed E-state index contributed by atoms with van der Waals surface area (Å²) in [6, 6.07) is 5.79. The van der Waals surface area contributed by atoms with Gasteiger partial charge in [-0.05, 0) is 74.3 Å². The highest BCUT2D eigenvalue weighted by molar-refractivity contribution is 7.58. The van der Waals surface area contributed by atoms with Crippen LogP contribution in [0.2, 0.25) is 0 Å². The van der Waals surface area contributed by atoms with Gasteiger partial charge >= 0.3 is 23.9 Å². The summed E-state index contributed by atoms with van der Waals surface area (Å²) < 4.78 is 42.2. The van der Waals surface area contributed by atoms with Crippen molar-refractivity contribution in [2.75, 3.05) is 98.7 Å². The quantitative estimate of drug-likeness (QED) is 0.0809. The van der Waals surface area contributed by atoms with Crippen LogP contribution in [0.3, 0.4) is 0 Å². The van der Waals surface area contributed by atoms with Crippen LogP contribution in [0.1, 0.15) is 67.9 Å². The number of nitro benzene ring substituents is 1. The van der Waals surface area contributed by atoms with E-state index in [4.69, 9.17) is 23.5 Å². The van der Waals surface area contributed by atoms with Crippen LogP contribution in [0, 0.1) is 16.0 Å². The zero-order valence-electron chi connectivity index (χ0n) is 35.9. The van der Waals surface area contributed by atoms with Crippen molar-refractivity contribution in [3.05, 3.63) is 39.9 Å². The summed E-state index contributed by atoms with van der Waals surface area (Å²) in [4.78, 5) is 70.6. The Hall–Kier alpha value is -3.47. The van der Waals surface area contributed by atoms with E-state index in [1.54, 1.807) is 74.4 Å². The molecule has 0 saturated carbocycles. The predicted octanol–water partition coefficient (Wildman–Crippen LogP) is 4.06. The number of nitro groups is 1. The molecule has 1 aliphatic rings. The minimum Gasteiger partial charge on any atom is -0.469 e. The van der Waals surface area contributed by atoms with Gasteiger partial charge in [-0.3, -0.25) is 53.5 Å². The number of esters is 4. The zero-order valence-corrected chi connectivity index (χ0v) is 36.8. The number of carbonyl (C=O) groups excluding carboxylic acids is 4. The van der Waals surface area contributed by atoms with Crippen molar-refractivity contribution in [3.63, 3.8) is 0 Å². The lowest BCUT2D eigenvalue weighted by Gasteiger charge is -2.35. The number of methoxy groups -OCH3 is 1. The van der Waals surface area contributed by atoms with E-state index in [9.17, 15) is 33.9 Å². The minimum atomic E-state index is -3.59. The molecule has 18 heteroatoms. The Morgan fingerprint density at radius 2 is 1.02 bits per heavy atom. The fraction of sp³-hybridized carbons (Fsp3) is 0.744. The maximum Gasteiger partial charge on any atom is 0.320 e. The number of hydrogen-bond donors (Lipinski definition) is 0. The smallest absolute Gasteiger partial charge is 0.320 e. The molecule has 0 bridgehead atoms. The van der Waals surface area contributed by atoms with Crippen LogP contribution >= 0.6 is 7.37 Å². The second-order valence-corrected chi connectivity index (χ2v) is 20.0. The van der Waals surface area contributed by atoms with Crippen molar-refractivity contribution in [1.29, 1.82) is 0 Å². The van der Waals surface area contributed by atoms with E-state index in [1.165, 1.54) is 26.4 Å². The lowest BCUT2D eigenvalue weighted by atomic mass is 10.0. The first-order valence-electron chi connectivity index (χ1n) is 19.3. The van der Waals surface area contributed by atoms with Crippen LogP contribution in [0.25, 0.3) is 0 Å². The summed E-state index contributed by atoms with van der Waals surface area (Å²) in [5.74, 6) is -2.70. The molecule has 1 aromatic carbocycles. The molecule has 1 aromatic rings. The van der Waals surface area contributed by atoms with Gasteiger partial charge in [0.1, 0.15) is 16.8 Å². The molecular formula is C39H66N5O12P. The SMILES string of the molecule is COC(=O)C(Cc1ccc([N+](=O)[O-])cc1)CP(=O)(CN1CCN(CC(=O)OC(C)(C)C)CCN(CC(=O)OC(C)(C)C)CCN(CC(=O)OC(C)(C)C)CC1)OC. The van der Waals surface area contributed by atoms with E-state index in [2.05, 4.69) is 0 Å². The number of hydrogen-bond acceptors (Lipinski definition) is 16. The highest BCUT2D eigenvalue weighted by atomic mass is 31.2. The molecule has 0 N–H and O–H groups in total. The number of non-ortho nitro benzene ring substituents is 1. The van der Waals surface area contributed by atoms with E-state index in [-0.39, 0.29) is 44.2 Å². The van der Waals surface area contributed by atoms with Gasteiger partial charge in [-0.25, -0.2) is 0 Å². The zero-order chi connectivity index (χ0) is 43.2. The largest absolute Gasteiger partial charge is 0.469 e. The fourth-order valence-electron chi connectivity index (χ4n) is 6.12. The Morgan fingerprint density at radius 3 is 1.32 bits per heavy atom. The molecule has 1 aliphatic heterocycles. The molecule has 1 fully saturated rings. The van der Waals surface area contributed by atoms with Gasteiger partial charge in [0.15, 0.2) is 0 Å². The molecule has 0 amide bonds. The van der Waals surface area contributed by atoms with Gasteiger partial charge in [0, 0.05) is 77.8 Å². The standard InChI is InChI=1S/C39H66N5O12P/c1-37(2,3)54-33(45)25-40-16-18-41(26-34(46)55-38(4,5)6)20-22-43(23-21-42(19-17-40)27-35(47)56-39(7,8)9)29-57(51,53-11)28-31(36(48)52-10)24-30-12-14-32(15-13-30)44(49)50/h12-15,31H,16-29H2,1-11H3. The van der Waals surface area contributed by atoms with Crippen LogP contribution in [0.15, 0.2) is 24.3 Å². The molecule has 2 unspecified atom stereocenters. The highest BCUT2D eigenvalue weighted by Crippen LogP contribution is 2.49. The van der Waals surface area contributed by atoms with Crippen LogP contribution < -0.4 is 0 Å². The third kappa shape index (κ3) is 20.7. The first-order valence-corrected chi connectivity index (χ1v) is 21.3. The van der Waals surface area contributed by atoms with Gasteiger partial charge < -0.3 is 23.5 Å². The Kier molecular flexibility index (Phi) is 19.2.